The quantitative estimate of drug-likeness (QED) is 0.859. The van der Waals surface area contributed by atoms with Crippen molar-refractivity contribution in [3.63, 3.8) is 0 Å². The molecule has 0 radical (unpaired) electrons. The number of rotatable bonds is 4. The molecule has 1 nitrogen and oxygen atoms in total. The van der Waals surface area contributed by atoms with E-state index in [1.54, 1.807) is 0 Å². The van der Waals surface area contributed by atoms with Crippen LogP contribution in [0.15, 0.2) is 42.5 Å². The molecule has 0 bridgehead atoms. The van der Waals surface area contributed by atoms with Crippen molar-refractivity contribution < 1.29 is 0 Å². The first-order valence-electron chi connectivity index (χ1n) is 6.01. The van der Waals surface area contributed by atoms with Crippen molar-refractivity contribution in [1.29, 1.82) is 0 Å². The van der Waals surface area contributed by atoms with Crippen molar-refractivity contribution >= 4 is 23.2 Å². The molecular formula is C15H20ClN. The van der Waals surface area contributed by atoms with Gasteiger partial charge < -0.3 is 5.32 Å². The van der Waals surface area contributed by atoms with E-state index in [1.807, 2.05) is 0 Å². The zero-order valence-electron chi connectivity index (χ0n) is 10.4. The Morgan fingerprint density at radius 1 is 1.06 bits per heavy atom. The molecular weight excluding hydrogens is 230 g/mol. The Kier molecular flexibility index (Phi) is 5.46. The molecule has 0 heterocycles. The maximum Gasteiger partial charge on any atom is 0.0214 e. The van der Waals surface area contributed by atoms with Gasteiger partial charge in [0.2, 0.25) is 0 Å². The molecule has 0 fully saturated rings. The van der Waals surface area contributed by atoms with Crippen molar-refractivity contribution in [3.8, 4) is 0 Å². The maximum absolute atomic E-state index is 3.54. The topological polar surface area (TPSA) is 12.0 Å². The lowest BCUT2D eigenvalue weighted by Gasteiger charge is -2.12. The smallest absolute Gasteiger partial charge is 0.0214 e. The van der Waals surface area contributed by atoms with Crippen LogP contribution in [-0.4, -0.2) is 6.04 Å². The molecule has 1 N–H and O–H groups in total. The van der Waals surface area contributed by atoms with E-state index in [1.165, 1.54) is 22.8 Å². The monoisotopic (exact) mass is 249 g/mol. The molecule has 0 aliphatic rings. The van der Waals surface area contributed by atoms with Gasteiger partial charge in [0.15, 0.2) is 0 Å². The number of hydrogen-bond donors (Lipinski definition) is 1. The average Bonchev–Trinajstić information content (AvgIpc) is 2.35. The number of nitrogens with one attached hydrogen (secondary N) is 1. The Labute approximate surface area is 110 Å². The Morgan fingerprint density at radius 3 is 2.53 bits per heavy atom. The average molecular weight is 250 g/mol. The van der Waals surface area contributed by atoms with Gasteiger partial charge in [0.25, 0.3) is 0 Å². The van der Waals surface area contributed by atoms with Gasteiger partial charge in [-0.3, -0.25) is 0 Å². The van der Waals surface area contributed by atoms with E-state index in [0.717, 1.165) is 6.54 Å². The van der Waals surface area contributed by atoms with Gasteiger partial charge in [0.1, 0.15) is 0 Å². The number of halogens is 1. The molecule has 2 aromatic carbocycles. The van der Waals surface area contributed by atoms with Gasteiger partial charge in [-0.2, -0.15) is 0 Å². The molecule has 0 aliphatic carbocycles. The normalized spacial score (nSPS) is 12.1. The summed E-state index contributed by atoms with van der Waals surface area (Å²) in [4.78, 5) is 0. The van der Waals surface area contributed by atoms with Crippen molar-refractivity contribution in [3.05, 3.63) is 48.0 Å². The van der Waals surface area contributed by atoms with Gasteiger partial charge in [0.05, 0.1) is 0 Å². The molecule has 0 saturated heterocycles. The molecule has 0 aromatic heterocycles. The highest BCUT2D eigenvalue weighted by molar-refractivity contribution is 5.85. The van der Waals surface area contributed by atoms with E-state index >= 15 is 0 Å². The summed E-state index contributed by atoms with van der Waals surface area (Å²) in [6, 6.07) is 15.7. The minimum atomic E-state index is 0. The molecule has 17 heavy (non-hydrogen) atoms. The third-order valence-corrected chi connectivity index (χ3v) is 3.13. The van der Waals surface area contributed by atoms with Crippen molar-refractivity contribution in [2.24, 2.45) is 0 Å². The fraction of sp³-hybridized carbons (Fsp3) is 0.333. The largest absolute Gasteiger partial charge is 0.310 e. The first-order chi connectivity index (χ1) is 7.81. The maximum atomic E-state index is 3.54. The molecule has 0 aliphatic heterocycles. The van der Waals surface area contributed by atoms with Crippen molar-refractivity contribution in [2.45, 2.75) is 32.9 Å². The molecule has 1 atom stereocenters. The summed E-state index contributed by atoms with van der Waals surface area (Å²) < 4.78 is 0. The van der Waals surface area contributed by atoms with E-state index < -0.39 is 0 Å². The van der Waals surface area contributed by atoms with Crippen LogP contribution >= 0.6 is 12.4 Å². The predicted molar refractivity (Wildman–Crippen MR) is 77.8 cm³/mol. The lowest BCUT2D eigenvalue weighted by molar-refractivity contribution is 0.535. The fourth-order valence-electron chi connectivity index (χ4n) is 1.88. The summed E-state index contributed by atoms with van der Waals surface area (Å²) >= 11 is 0. The van der Waals surface area contributed by atoms with Crippen LogP contribution in [0.5, 0.6) is 0 Å². The fourth-order valence-corrected chi connectivity index (χ4v) is 1.88. The lowest BCUT2D eigenvalue weighted by Crippen LogP contribution is -2.24. The van der Waals surface area contributed by atoms with Gasteiger partial charge in [-0.1, -0.05) is 49.4 Å². The number of fused-ring (bicyclic) bond motifs is 1. The standard InChI is InChI=1S/C15H19N.ClH/c1-3-12(2)16-11-14-9-6-8-13-7-4-5-10-15(13)14;/h4-10,12,16H,3,11H2,1-2H3;1H. The van der Waals surface area contributed by atoms with Crippen LogP contribution < -0.4 is 5.32 Å². The lowest BCUT2D eigenvalue weighted by atomic mass is 10.0. The summed E-state index contributed by atoms with van der Waals surface area (Å²) in [5.74, 6) is 0. The van der Waals surface area contributed by atoms with Crippen LogP contribution in [0.4, 0.5) is 0 Å². The predicted octanol–water partition coefficient (Wildman–Crippen LogP) is 4.15. The zero-order chi connectivity index (χ0) is 11.4. The van der Waals surface area contributed by atoms with Gasteiger partial charge in [-0.05, 0) is 29.7 Å². The van der Waals surface area contributed by atoms with Gasteiger partial charge in [-0.25, -0.2) is 0 Å². The third-order valence-electron chi connectivity index (χ3n) is 3.13. The molecule has 2 rings (SSSR count). The van der Waals surface area contributed by atoms with E-state index in [9.17, 15) is 0 Å². The van der Waals surface area contributed by atoms with E-state index in [0.29, 0.717) is 6.04 Å². The van der Waals surface area contributed by atoms with Crippen LogP contribution in [0, 0.1) is 0 Å². The van der Waals surface area contributed by atoms with Crippen LogP contribution in [-0.2, 0) is 6.54 Å². The first kappa shape index (κ1) is 14.0. The SMILES string of the molecule is CCC(C)NCc1cccc2ccccc12.Cl. The highest BCUT2D eigenvalue weighted by Crippen LogP contribution is 2.18. The van der Waals surface area contributed by atoms with Crippen LogP contribution in [0.3, 0.4) is 0 Å². The first-order valence-corrected chi connectivity index (χ1v) is 6.01. The second kappa shape index (κ2) is 6.63. The molecule has 0 amide bonds. The molecule has 1 unspecified atom stereocenters. The zero-order valence-corrected chi connectivity index (χ0v) is 11.3. The molecule has 2 aromatic rings. The number of hydrogen-bond acceptors (Lipinski definition) is 1. The second-order valence-electron chi connectivity index (χ2n) is 4.33. The highest BCUT2D eigenvalue weighted by atomic mass is 35.5. The van der Waals surface area contributed by atoms with Crippen molar-refractivity contribution in [2.75, 3.05) is 0 Å². The summed E-state index contributed by atoms with van der Waals surface area (Å²) in [5, 5.41) is 6.23. The Bertz CT molecular complexity index is 462. The van der Waals surface area contributed by atoms with Crippen LogP contribution in [0.25, 0.3) is 10.8 Å². The van der Waals surface area contributed by atoms with E-state index in [-0.39, 0.29) is 12.4 Å². The van der Waals surface area contributed by atoms with Crippen molar-refractivity contribution in [1.82, 2.24) is 5.32 Å². The Morgan fingerprint density at radius 2 is 1.76 bits per heavy atom. The Balaban J connectivity index is 0.00000144. The van der Waals surface area contributed by atoms with Crippen LogP contribution in [0.2, 0.25) is 0 Å². The minimum absolute atomic E-state index is 0. The molecule has 0 saturated carbocycles. The van der Waals surface area contributed by atoms with E-state index in [4.69, 9.17) is 0 Å². The number of benzene rings is 2. The molecule has 92 valence electrons. The summed E-state index contributed by atoms with van der Waals surface area (Å²) in [6.07, 6.45) is 1.17. The summed E-state index contributed by atoms with van der Waals surface area (Å²) in [7, 11) is 0. The molecule has 2 heteroatoms. The van der Waals surface area contributed by atoms with Crippen LogP contribution in [0.1, 0.15) is 25.8 Å². The minimum Gasteiger partial charge on any atom is -0.310 e. The summed E-state index contributed by atoms with van der Waals surface area (Å²) in [5.41, 5.74) is 1.39. The molecule has 0 spiro atoms. The summed E-state index contributed by atoms with van der Waals surface area (Å²) in [6.45, 7) is 5.39. The third kappa shape index (κ3) is 3.45. The second-order valence-corrected chi connectivity index (χ2v) is 4.33. The highest BCUT2D eigenvalue weighted by Gasteiger charge is 2.01. The van der Waals surface area contributed by atoms with Gasteiger partial charge in [0, 0.05) is 12.6 Å². The van der Waals surface area contributed by atoms with Gasteiger partial charge in [-0.15, -0.1) is 12.4 Å². The van der Waals surface area contributed by atoms with Gasteiger partial charge >= 0.3 is 0 Å². The Hall–Kier alpha value is -1.05. The van der Waals surface area contributed by atoms with E-state index in [2.05, 4.69) is 61.6 Å².